The molecule has 6 heteroatoms. The van der Waals surface area contributed by atoms with Gasteiger partial charge in [-0.25, -0.2) is 0 Å². The number of hydrogen-bond acceptors (Lipinski definition) is 4. The molecule has 1 aliphatic rings. The second kappa shape index (κ2) is 11.8. The summed E-state index contributed by atoms with van der Waals surface area (Å²) in [4.78, 5) is 28.2. The molecule has 1 saturated heterocycles. The molecule has 1 fully saturated rings. The van der Waals surface area contributed by atoms with Gasteiger partial charge < -0.3 is 15.4 Å². The van der Waals surface area contributed by atoms with Gasteiger partial charge >= 0.3 is 0 Å². The van der Waals surface area contributed by atoms with E-state index in [1.165, 1.54) is 5.56 Å². The van der Waals surface area contributed by atoms with Crippen LogP contribution in [0, 0.1) is 12.8 Å². The number of aryl methyl sites for hydroxylation is 1. The predicted octanol–water partition coefficient (Wildman–Crippen LogP) is 3.29. The number of carbonyl (C=O) groups is 2. The van der Waals surface area contributed by atoms with Crippen molar-refractivity contribution in [3.05, 3.63) is 70.8 Å². The standard InChI is InChI=1S/C26H35N3O3/c1-19(2)16-24(28-25(30)23-11-7-4-8-20(23)3)26(31)27-17-21-9-5-6-10-22(21)18-29-12-14-32-15-13-29/h4-11,19,24H,12-18H2,1-3H3,(H,27,31)(H,28,30). The molecule has 0 saturated carbocycles. The minimum atomic E-state index is -0.575. The lowest BCUT2D eigenvalue weighted by Crippen LogP contribution is -2.47. The molecule has 0 radical (unpaired) electrons. The third kappa shape index (κ3) is 6.90. The highest BCUT2D eigenvalue weighted by Crippen LogP contribution is 2.14. The summed E-state index contributed by atoms with van der Waals surface area (Å²) in [5.74, 6) is -0.0880. The molecule has 1 atom stereocenters. The third-order valence-corrected chi connectivity index (χ3v) is 5.79. The zero-order valence-electron chi connectivity index (χ0n) is 19.4. The number of nitrogens with zero attached hydrogens (tertiary/aromatic N) is 1. The summed E-state index contributed by atoms with van der Waals surface area (Å²) in [6.07, 6.45) is 0.582. The molecule has 1 unspecified atom stereocenters. The first-order chi connectivity index (χ1) is 15.4. The number of rotatable bonds is 9. The number of carbonyl (C=O) groups excluding carboxylic acids is 2. The van der Waals surface area contributed by atoms with Gasteiger partial charge in [0.05, 0.1) is 13.2 Å². The fourth-order valence-corrected chi connectivity index (χ4v) is 3.96. The number of benzene rings is 2. The first kappa shape index (κ1) is 24.0. The maximum atomic E-state index is 13.1. The fourth-order valence-electron chi connectivity index (χ4n) is 3.96. The summed E-state index contributed by atoms with van der Waals surface area (Å²) in [5, 5.41) is 6.01. The van der Waals surface area contributed by atoms with Gasteiger partial charge in [-0.3, -0.25) is 14.5 Å². The Labute approximate surface area is 191 Å². The predicted molar refractivity (Wildman–Crippen MR) is 126 cm³/mol. The SMILES string of the molecule is Cc1ccccc1C(=O)NC(CC(C)C)C(=O)NCc1ccccc1CN1CCOCC1. The summed E-state index contributed by atoms with van der Waals surface area (Å²) < 4.78 is 5.44. The number of amides is 2. The van der Waals surface area contributed by atoms with Crippen LogP contribution in [-0.2, 0) is 22.6 Å². The van der Waals surface area contributed by atoms with Gasteiger partial charge in [0, 0.05) is 31.7 Å². The van der Waals surface area contributed by atoms with Gasteiger partial charge in [0.25, 0.3) is 5.91 Å². The van der Waals surface area contributed by atoms with Crippen LogP contribution in [0.25, 0.3) is 0 Å². The summed E-state index contributed by atoms with van der Waals surface area (Å²) in [5.41, 5.74) is 3.80. The lowest BCUT2D eigenvalue weighted by molar-refractivity contribution is -0.123. The Morgan fingerprint density at radius 3 is 2.34 bits per heavy atom. The van der Waals surface area contributed by atoms with Gasteiger partial charge in [-0.1, -0.05) is 56.3 Å². The normalized spacial score (nSPS) is 15.4. The van der Waals surface area contributed by atoms with E-state index in [-0.39, 0.29) is 17.7 Å². The van der Waals surface area contributed by atoms with E-state index in [0.29, 0.717) is 18.5 Å². The molecule has 2 amide bonds. The topological polar surface area (TPSA) is 70.7 Å². The van der Waals surface area contributed by atoms with E-state index in [2.05, 4.69) is 41.5 Å². The molecule has 1 aliphatic heterocycles. The number of morpholine rings is 1. The average molecular weight is 438 g/mol. The van der Waals surface area contributed by atoms with Crippen LogP contribution < -0.4 is 10.6 Å². The molecule has 0 aromatic heterocycles. The summed E-state index contributed by atoms with van der Waals surface area (Å²) in [7, 11) is 0. The quantitative estimate of drug-likeness (QED) is 0.632. The highest BCUT2D eigenvalue weighted by atomic mass is 16.5. The molecule has 172 valence electrons. The van der Waals surface area contributed by atoms with Crippen molar-refractivity contribution < 1.29 is 14.3 Å². The first-order valence-corrected chi connectivity index (χ1v) is 11.4. The number of hydrogen-bond donors (Lipinski definition) is 2. The van der Waals surface area contributed by atoms with Gasteiger partial charge in [0.2, 0.25) is 5.91 Å². The smallest absolute Gasteiger partial charge is 0.252 e. The molecule has 0 spiro atoms. The van der Waals surface area contributed by atoms with Gasteiger partial charge in [-0.2, -0.15) is 0 Å². The summed E-state index contributed by atoms with van der Waals surface area (Å²) in [6.45, 7) is 10.6. The fraction of sp³-hybridized carbons (Fsp3) is 0.462. The van der Waals surface area contributed by atoms with Crippen LogP contribution in [0.1, 0.15) is 47.3 Å². The highest BCUT2D eigenvalue weighted by Gasteiger charge is 2.23. The van der Waals surface area contributed by atoms with Gasteiger partial charge in [0.15, 0.2) is 0 Å². The van der Waals surface area contributed by atoms with E-state index < -0.39 is 6.04 Å². The molecule has 2 aromatic carbocycles. The van der Waals surface area contributed by atoms with E-state index in [1.54, 1.807) is 6.07 Å². The van der Waals surface area contributed by atoms with Crippen molar-refractivity contribution in [1.82, 2.24) is 15.5 Å². The minimum Gasteiger partial charge on any atom is -0.379 e. The first-order valence-electron chi connectivity index (χ1n) is 11.4. The maximum Gasteiger partial charge on any atom is 0.252 e. The van der Waals surface area contributed by atoms with Crippen molar-refractivity contribution >= 4 is 11.8 Å². The zero-order chi connectivity index (χ0) is 22.9. The lowest BCUT2D eigenvalue weighted by Gasteiger charge is -2.27. The van der Waals surface area contributed by atoms with Crippen molar-refractivity contribution in [2.75, 3.05) is 26.3 Å². The number of nitrogens with one attached hydrogen (secondary N) is 2. The van der Waals surface area contributed by atoms with Crippen LogP contribution in [0.15, 0.2) is 48.5 Å². The van der Waals surface area contributed by atoms with E-state index in [0.717, 1.165) is 44.0 Å². The summed E-state index contributed by atoms with van der Waals surface area (Å²) in [6, 6.07) is 15.1. The van der Waals surface area contributed by atoms with Crippen molar-refractivity contribution in [2.45, 2.75) is 46.3 Å². The van der Waals surface area contributed by atoms with E-state index in [4.69, 9.17) is 4.74 Å². The third-order valence-electron chi connectivity index (χ3n) is 5.79. The lowest BCUT2D eigenvalue weighted by atomic mass is 10.0. The minimum absolute atomic E-state index is 0.151. The van der Waals surface area contributed by atoms with Gasteiger partial charge in [-0.05, 0) is 42.0 Å². The van der Waals surface area contributed by atoms with Crippen LogP contribution in [-0.4, -0.2) is 49.1 Å². The van der Waals surface area contributed by atoms with E-state index in [9.17, 15) is 9.59 Å². The Hall–Kier alpha value is -2.70. The van der Waals surface area contributed by atoms with Gasteiger partial charge in [-0.15, -0.1) is 0 Å². The molecule has 2 aromatic rings. The summed E-state index contributed by atoms with van der Waals surface area (Å²) >= 11 is 0. The Kier molecular flexibility index (Phi) is 8.82. The largest absolute Gasteiger partial charge is 0.379 e. The molecule has 2 N–H and O–H groups in total. The zero-order valence-corrected chi connectivity index (χ0v) is 19.4. The van der Waals surface area contributed by atoms with Crippen LogP contribution in [0.3, 0.4) is 0 Å². The average Bonchev–Trinajstić information content (AvgIpc) is 2.78. The van der Waals surface area contributed by atoms with Crippen molar-refractivity contribution in [3.8, 4) is 0 Å². The second-order valence-corrected chi connectivity index (χ2v) is 8.85. The molecule has 6 nitrogen and oxygen atoms in total. The molecular formula is C26H35N3O3. The molecule has 0 bridgehead atoms. The number of ether oxygens (including phenoxy) is 1. The van der Waals surface area contributed by atoms with Crippen molar-refractivity contribution in [3.63, 3.8) is 0 Å². The van der Waals surface area contributed by atoms with E-state index in [1.807, 2.05) is 37.3 Å². The van der Waals surface area contributed by atoms with E-state index >= 15 is 0 Å². The Balaban J connectivity index is 1.64. The molecule has 32 heavy (non-hydrogen) atoms. The monoisotopic (exact) mass is 437 g/mol. The Morgan fingerprint density at radius 1 is 1.00 bits per heavy atom. The van der Waals surface area contributed by atoms with Crippen LogP contribution in [0.2, 0.25) is 0 Å². The van der Waals surface area contributed by atoms with Crippen LogP contribution >= 0.6 is 0 Å². The molecule has 1 heterocycles. The second-order valence-electron chi connectivity index (χ2n) is 8.85. The Morgan fingerprint density at radius 2 is 1.66 bits per heavy atom. The molecule has 3 rings (SSSR count). The highest BCUT2D eigenvalue weighted by molar-refractivity contribution is 5.98. The van der Waals surface area contributed by atoms with Gasteiger partial charge in [0.1, 0.15) is 6.04 Å². The molecule has 0 aliphatic carbocycles. The van der Waals surface area contributed by atoms with Crippen LogP contribution in [0.4, 0.5) is 0 Å². The Bertz CT molecular complexity index is 907. The van der Waals surface area contributed by atoms with Crippen molar-refractivity contribution in [2.24, 2.45) is 5.92 Å². The van der Waals surface area contributed by atoms with Crippen molar-refractivity contribution in [1.29, 1.82) is 0 Å². The van der Waals surface area contributed by atoms with Crippen LogP contribution in [0.5, 0.6) is 0 Å². The molecular weight excluding hydrogens is 402 g/mol. The maximum absolute atomic E-state index is 13.1.